The van der Waals surface area contributed by atoms with Gasteiger partial charge in [0.05, 0.1) is 16.8 Å². The average Bonchev–Trinajstić information content (AvgIpc) is 2.57. The molecule has 0 aliphatic heterocycles. The van der Waals surface area contributed by atoms with Crippen LogP contribution < -0.4 is 5.56 Å². The average molecular weight is 308 g/mol. The lowest BCUT2D eigenvalue weighted by Gasteiger charge is -2.09. The fraction of sp³-hybridized carbons (Fsp3) is 0. The molecule has 106 valence electrons. The van der Waals surface area contributed by atoms with Crippen molar-refractivity contribution in [2.45, 2.75) is 0 Å². The maximum Gasteiger partial charge on any atom is 0.279 e. The smallest absolute Gasteiger partial charge is 0.267 e. The van der Waals surface area contributed by atoms with Crippen LogP contribution in [0.25, 0.3) is 16.8 Å². The van der Waals surface area contributed by atoms with Crippen LogP contribution in [0.15, 0.2) is 65.5 Å². The van der Waals surface area contributed by atoms with Gasteiger partial charge in [-0.2, -0.15) is 15.0 Å². The maximum atomic E-state index is 12.7. The summed E-state index contributed by atoms with van der Waals surface area (Å²) in [6, 6.07) is 19.6. The second-order valence-corrected chi connectivity index (χ2v) is 4.98. The monoisotopic (exact) mass is 307 g/mol. The Labute approximate surface area is 131 Å². The summed E-state index contributed by atoms with van der Waals surface area (Å²) in [5, 5.41) is 13.4. The predicted octanol–water partition coefficient (Wildman–Crippen LogP) is 3.42. The molecular formula is C17H10ClN3O. The normalized spacial score (nSPS) is 10.2. The van der Waals surface area contributed by atoms with Gasteiger partial charge in [0.2, 0.25) is 0 Å². The van der Waals surface area contributed by atoms with Crippen LogP contribution in [0.1, 0.15) is 5.56 Å². The molecule has 0 aliphatic rings. The Kier molecular flexibility index (Phi) is 3.73. The third-order valence-electron chi connectivity index (χ3n) is 3.22. The Hall–Kier alpha value is -2.90. The maximum absolute atomic E-state index is 12.7. The van der Waals surface area contributed by atoms with E-state index in [-0.39, 0.29) is 10.7 Å². The minimum atomic E-state index is -0.321. The lowest BCUT2D eigenvalue weighted by atomic mass is 10.1. The fourth-order valence-electron chi connectivity index (χ4n) is 2.21. The molecule has 0 N–H and O–H groups in total. The van der Waals surface area contributed by atoms with Crippen molar-refractivity contribution in [1.29, 1.82) is 5.26 Å². The SMILES string of the molecule is N#Cc1ccccc1-n1nc(Cl)cc(-c2ccccc2)c1=O. The summed E-state index contributed by atoms with van der Waals surface area (Å²) in [6.45, 7) is 0. The first-order chi connectivity index (χ1) is 10.7. The van der Waals surface area contributed by atoms with Gasteiger partial charge in [0.15, 0.2) is 5.15 Å². The van der Waals surface area contributed by atoms with E-state index in [1.165, 1.54) is 10.7 Å². The van der Waals surface area contributed by atoms with Crippen LogP contribution >= 0.6 is 11.6 Å². The van der Waals surface area contributed by atoms with Crippen molar-refractivity contribution in [3.63, 3.8) is 0 Å². The molecule has 0 unspecified atom stereocenters. The highest BCUT2D eigenvalue weighted by Gasteiger charge is 2.13. The minimum Gasteiger partial charge on any atom is -0.267 e. The van der Waals surface area contributed by atoms with Gasteiger partial charge in [-0.3, -0.25) is 4.79 Å². The first-order valence-corrected chi connectivity index (χ1v) is 6.93. The Morgan fingerprint density at radius 1 is 1.05 bits per heavy atom. The van der Waals surface area contributed by atoms with E-state index < -0.39 is 0 Å². The van der Waals surface area contributed by atoms with Crippen molar-refractivity contribution in [2.75, 3.05) is 0 Å². The highest BCUT2D eigenvalue weighted by atomic mass is 35.5. The number of benzene rings is 2. The zero-order chi connectivity index (χ0) is 15.5. The topological polar surface area (TPSA) is 58.7 Å². The van der Waals surface area contributed by atoms with E-state index in [0.717, 1.165) is 5.56 Å². The fourth-order valence-corrected chi connectivity index (χ4v) is 2.39. The molecule has 22 heavy (non-hydrogen) atoms. The second-order valence-electron chi connectivity index (χ2n) is 4.59. The van der Waals surface area contributed by atoms with Gasteiger partial charge in [-0.1, -0.05) is 54.1 Å². The summed E-state index contributed by atoms with van der Waals surface area (Å²) in [4.78, 5) is 12.7. The number of aromatic nitrogens is 2. The van der Waals surface area contributed by atoms with Gasteiger partial charge in [0.25, 0.3) is 5.56 Å². The summed E-state index contributed by atoms with van der Waals surface area (Å²) in [7, 11) is 0. The van der Waals surface area contributed by atoms with E-state index in [1.54, 1.807) is 24.3 Å². The zero-order valence-electron chi connectivity index (χ0n) is 11.4. The first kappa shape index (κ1) is 14.1. The predicted molar refractivity (Wildman–Crippen MR) is 85.0 cm³/mol. The molecule has 2 aromatic carbocycles. The van der Waals surface area contributed by atoms with Gasteiger partial charge in [0, 0.05) is 0 Å². The standard InChI is InChI=1S/C17H10ClN3O/c18-16-10-14(12-6-2-1-3-7-12)17(22)21(20-16)15-9-5-4-8-13(15)11-19/h1-10H. The first-order valence-electron chi connectivity index (χ1n) is 6.55. The molecule has 3 rings (SSSR count). The summed E-state index contributed by atoms with van der Waals surface area (Å²) < 4.78 is 1.17. The molecule has 0 bridgehead atoms. The van der Waals surface area contributed by atoms with E-state index >= 15 is 0 Å². The van der Waals surface area contributed by atoms with Crippen LogP contribution in [0.3, 0.4) is 0 Å². The minimum absolute atomic E-state index is 0.186. The van der Waals surface area contributed by atoms with E-state index in [4.69, 9.17) is 11.6 Å². The Balaban J connectivity index is 2.30. The number of halogens is 1. The molecule has 1 heterocycles. The van der Waals surface area contributed by atoms with Crippen molar-refractivity contribution in [3.05, 3.63) is 81.7 Å². The highest BCUT2D eigenvalue weighted by Crippen LogP contribution is 2.19. The van der Waals surface area contributed by atoms with Crippen molar-refractivity contribution in [2.24, 2.45) is 0 Å². The summed E-state index contributed by atoms with van der Waals surface area (Å²) in [6.07, 6.45) is 0. The van der Waals surface area contributed by atoms with Gasteiger partial charge in [-0.15, -0.1) is 0 Å². The molecule has 0 saturated carbocycles. The molecule has 0 saturated heterocycles. The van der Waals surface area contributed by atoms with Gasteiger partial charge < -0.3 is 0 Å². The lowest BCUT2D eigenvalue weighted by Crippen LogP contribution is -2.23. The zero-order valence-corrected chi connectivity index (χ0v) is 12.2. The molecule has 0 fully saturated rings. The van der Waals surface area contributed by atoms with Crippen molar-refractivity contribution >= 4 is 11.6 Å². The van der Waals surface area contributed by atoms with Crippen LogP contribution in [0.2, 0.25) is 5.15 Å². The van der Waals surface area contributed by atoms with E-state index in [0.29, 0.717) is 16.8 Å². The second kappa shape index (κ2) is 5.84. The molecule has 0 radical (unpaired) electrons. The van der Waals surface area contributed by atoms with Gasteiger partial charge in [0.1, 0.15) is 6.07 Å². The van der Waals surface area contributed by atoms with Crippen molar-refractivity contribution in [1.82, 2.24) is 9.78 Å². The van der Waals surface area contributed by atoms with E-state index in [1.807, 2.05) is 30.3 Å². The van der Waals surface area contributed by atoms with Crippen molar-refractivity contribution < 1.29 is 0 Å². The Morgan fingerprint density at radius 3 is 2.45 bits per heavy atom. The molecule has 0 spiro atoms. The Morgan fingerprint density at radius 2 is 1.73 bits per heavy atom. The quantitative estimate of drug-likeness (QED) is 0.729. The summed E-state index contributed by atoms with van der Waals surface area (Å²) in [5.41, 5.74) is 1.64. The third-order valence-corrected chi connectivity index (χ3v) is 3.40. The molecule has 4 nitrogen and oxygen atoms in total. The lowest BCUT2D eigenvalue weighted by molar-refractivity contribution is 0.808. The summed E-state index contributed by atoms with van der Waals surface area (Å²) in [5.74, 6) is 0. The number of para-hydroxylation sites is 1. The molecule has 5 heteroatoms. The summed E-state index contributed by atoms with van der Waals surface area (Å²) >= 11 is 6.06. The highest BCUT2D eigenvalue weighted by molar-refractivity contribution is 6.29. The number of rotatable bonds is 2. The molecule has 0 aliphatic carbocycles. The molecule has 0 atom stereocenters. The third kappa shape index (κ3) is 2.50. The van der Waals surface area contributed by atoms with Crippen LogP contribution in [0.5, 0.6) is 0 Å². The van der Waals surface area contributed by atoms with Crippen LogP contribution in [0, 0.1) is 11.3 Å². The number of hydrogen-bond donors (Lipinski definition) is 0. The number of nitrogens with zero attached hydrogens (tertiary/aromatic N) is 3. The van der Waals surface area contributed by atoms with Crippen LogP contribution in [-0.4, -0.2) is 9.78 Å². The number of hydrogen-bond acceptors (Lipinski definition) is 3. The van der Waals surface area contributed by atoms with Crippen LogP contribution in [-0.2, 0) is 0 Å². The number of nitriles is 1. The Bertz CT molecular complexity index is 927. The van der Waals surface area contributed by atoms with E-state index in [2.05, 4.69) is 11.2 Å². The van der Waals surface area contributed by atoms with Gasteiger partial charge in [-0.05, 0) is 23.8 Å². The molecule has 1 aromatic heterocycles. The van der Waals surface area contributed by atoms with E-state index in [9.17, 15) is 10.1 Å². The van der Waals surface area contributed by atoms with Crippen molar-refractivity contribution in [3.8, 4) is 22.9 Å². The van der Waals surface area contributed by atoms with Gasteiger partial charge >= 0.3 is 0 Å². The van der Waals surface area contributed by atoms with Gasteiger partial charge in [-0.25, -0.2) is 0 Å². The molecule has 3 aromatic rings. The largest absolute Gasteiger partial charge is 0.279 e. The molecule has 0 amide bonds. The van der Waals surface area contributed by atoms with Crippen LogP contribution in [0.4, 0.5) is 0 Å². The molecular weight excluding hydrogens is 298 g/mol.